The minimum atomic E-state index is -2.99. The van der Waals surface area contributed by atoms with Gasteiger partial charge in [0, 0.05) is 118 Å². The van der Waals surface area contributed by atoms with Crippen LogP contribution >= 0.6 is 10.4 Å². The maximum absolute atomic E-state index is 17.1. The van der Waals surface area contributed by atoms with Gasteiger partial charge >= 0.3 is 53.8 Å². The average Bonchev–Trinajstić information content (AvgIpc) is 0.749. The van der Waals surface area contributed by atoms with Crippen molar-refractivity contribution in [1.29, 1.82) is 0 Å². The van der Waals surface area contributed by atoms with E-state index in [1.54, 1.807) is 41.5 Å². The van der Waals surface area contributed by atoms with Gasteiger partial charge in [0.1, 0.15) is 30.2 Å². The average molecular weight is 1420 g/mol. The number of nitrogens with one attached hydrogen (secondary N) is 7. The summed E-state index contributed by atoms with van der Waals surface area (Å²) in [6.45, 7) is 9.18. The van der Waals surface area contributed by atoms with E-state index in [9.17, 15) is 103 Å². The number of amides is 7. The van der Waals surface area contributed by atoms with E-state index in [2.05, 4.69) is 31.9 Å². The van der Waals surface area contributed by atoms with Crippen LogP contribution in [0.5, 0.6) is 0 Å². The molecular weight excluding hydrogens is 1310 g/mol. The molecule has 35 heteroatoms. The molecule has 0 bridgehead atoms. The lowest BCUT2D eigenvalue weighted by Crippen LogP contribution is -2.56. The Morgan fingerprint density at radius 1 is 0.429 bits per heavy atom. The van der Waals surface area contributed by atoms with E-state index < -0.39 is 173 Å². The Hall–Kier alpha value is -8.28. The van der Waals surface area contributed by atoms with E-state index in [0.717, 1.165) is 0 Å². The van der Waals surface area contributed by atoms with Crippen LogP contribution in [-0.4, -0.2) is 275 Å². The molecule has 1 fully saturated rings. The normalized spacial score (nSPS) is 15.7. The number of halogens is 1. The quantitative estimate of drug-likeness (QED) is 0.0415. The maximum atomic E-state index is 17.1. The van der Waals surface area contributed by atoms with E-state index >= 15 is 3.89 Å². The fourth-order valence-corrected chi connectivity index (χ4v) is 14.8. The van der Waals surface area contributed by atoms with Gasteiger partial charge in [-0.3, -0.25) is 67.5 Å². The fourth-order valence-electron chi connectivity index (χ4n) is 11.0. The predicted octanol–water partition coefficient (Wildman–Crippen LogP) is 1.81. The van der Waals surface area contributed by atoms with Crippen LogP contribution in [0.2, 0.25) is 0 Å². The van der Waals surface area contributed by atoms with Crippen LogP contribution in [0, 0.1) is 0 Å². The first-order valence-electron chi connectivity index (χ1n) is 32.6. The summed E-state index contributed by atoms with van der Waals surface area (Å²) in [4.78, 5) is 180. The van der Waals surface area contributed by atoms with Crippen LogP contribution in [0.4, 0.5) is 8.68 Å². The molecular formula is C63H102FN11O22S. The number of aliphatic carboxylic acids is 8. The summed E-state index contributed by atoms with van der Waals surface area (Å²) in [6.07, 6.45) is 1.62. The molecule has 7 amide bonds. The van der Waals surface area contributed by atoms with Crippen LogP contribution in [0.25, 0.3) is 0 Å². The number of carboxylic acid groups (broad SMARTS) is 8. The third-order valence-electron chi connectivity index (χ3n) is 16.1. The fraction of sp³-hybridized carbons (Fsp3) is 0.683. The van der Waals surface area contributed by atoms with Crippen LogP contribution in [0.15, 0.2) is 29.2 Å². The third kappa shape index (κ3) is 32.8. The molecule has 0 aliphatic carbocycles. The number of unbranched alkanes of at least 4 members (excludes halogenated alkanes) is 5. The first-order valence-corrected chi connectivity index (χ1v) is 34.2. The molecule has 1 heterocycles. The monoisotopic (exact) mass is 1420 g/mol. The molecule has 0 saturated carbocycles. The molecule has 1 aliphatic heterocycles. The summed E-state index contributed by atoms with van der Waals surface area (Å²) in [6, 6.07) is -2.78. The SMILES string of the molecule is CC(C)(C)S(F)(c1ccc(C(=O)NCC(NC(=O)CCC(C(=O)O)N2CCN(CC(=O)O)CCN(CC(=O)O)CCN(CC(=O)O)CC2)C(=O)NC(CCCCNC(=O)CCCCCCC(=O)NCCCC[C@H](NC(=O)N[C@@H](CCC(=O)O)C(=O)O)C(=O)O)C(=O)O)cc1)C(C)(C)C. The molecule has 1 aromatic carbocycles. The Balaban J connectivity index is 2.09. The Morgan fingerprint density at radius 3 is 1.22 bits per heavy atom. The molecule has 554 valence electrons. The van der Waals surface area contributed by atoms with Crippen molar-refractivity contribution < 1.29 is 112 Å². The predicted molar refractivity (Wildman–Crippen MR) is 354 cm³/mol. The van der Waals surface area contributed by atoms with E-state index in [0.29, 0.717) is 37.0 Å². The van der Waals surface area contributed by atoms with Gasteiger partial charge in [-0.05, 0) is 130 Å². The van der Waals surface area contributed by atoms with Crippen LogP contribution < -0.4 is 37.2 Å². The van der Waals surface area contributed by atoms with Crippen molar-refractivity contribution in [1.82, 2.24) is 56.8 Å². The highest BCUT2D eigenvalue weighted by Crippen LogP contribution is 2.73. The first kappa shape index (κ1) is 85.8. The highest BCUT2D eigenvalue weighted by Gasteiger charge is 2.48. The molecule has 15 N–H and O–H groups in total. The zero-order valence-electron chi connectivity index (χ0n) is 56.8. The minimum Gasteiger partial charge on any atom is -0.481 e. The van der Waals surface area contributed by atoms with Crippen LogP contribution in [0.1, 0.15) is 155 Å². The lowest BCUT2D eigenvalue weighted by Gasteiger charge is -2.52. The number of carbonyl (C=O) groups is 14. The number of urea groups is 1. The van der Waals surface area contributed by atoms with Crippen molar-refractivity contribution in [3.63, 3.8) is 0 Å². The van der Waals surface area contributed by atoms with E-state index in [4.69, 9.17) is 5.11 Å². The second-order valence-electron chi connectivity index (χ2n) is 25.9. The van der Waals surface area contributed by atoms with Crippen LogP contribution in [-0.2, 0) is 57.5 Å². The van der Waals surface area contributed by atoms with Crippen LogP contribution in [0.3, 0.4) is 0 Å². The van der Waals surface area contributed by atoms with Crippen molar-refractivity contribution in [2.24, 2.45) is 0 Å². The number of nitrogens with zero attached hydrogens (tertiary/aromatic N) is 4. The number of hydrogen-bond acceptors (Lipinski definition) is 18. The second kappa shape index (κ2) is 43.2. The Bertz CT molecular complexity index is 2820. The van der Waals surface area contributed by atoms with Gasteiger partial charge in [0.25, 0.3) is 5.91 Å². The van der Waals surface area contributed by atoms with Gasteiger partial charge in [0.05, 0.1) is 19.6 Å². The number of carboxylic acids is 8. The highest BCUT2D eigenvalue weighted by atomic mass is 32.3. The number of rotatable bonds is 43. The largest absolute Gasteiger partial charge is 0.481 e. The lowest BCUT2D eigenvalue weighted by molar-refractivity contribution is -0.145. The minimum absolute atomic E-state index is 0.0307. The summed E-state index contributed by atoms with van der Waals surface area (Å²) in [5.74, 6) is -13.7. The van der Waals surface area contributed by atoms with Crippen molar-refractivity contribution in [3.05, 3.63) is 29.8 Å². The van der Waals surface area contributed by atoms with E-state index in [1.165, 1.54) is 43.9 Å². The van der Waals surface area contributed by atoms with Crippen molar-refractivity contribution in [2.45, 2.75) is 189 Å². The number of hydrogen-bond donors (Lipinski definition) is 15. The molecule has 98 heavy (non-hydrogen) atoms. The lowest BCUT2D eigenvalue weighted by atomic mass is 10.1. The number of benzene rings is 1. The second-order valence-corrected chi connectivity index (χ2v) is 29.9. The summed E-state index contributed by atoms with van der Waals surface area (Å²) >= 11 is 0. The molecule has 5 atom stereocenters. The summed E-state index contributed by atoms with van der Waals surface area (Å²) < 4.78 is 15.5. The molecule has 2 rings (SSSR count). The van der Waals surface area contributed by atoms with Gasteiger partial charge < -0.3 is 78.1 Å². The topological polar surface area (TPSA) is 498 Å². The van der Waals surface area contributed by atoms with Crippen molar-refractivity contribution in [2.75, 3.05) is 91.6 Å². The third-order valence-corrected chi connectivity index (χ3v) is 20.4. The van der Waals surface area contributed by atoms with Gasteiger partial charge in [0.2, 0.25) is 23.6 Å². The zero-order chi connectivity index (χ0) is 73.9. The Morgan fingerprint density at radius 2 is 0.837 bits per heavy atom. The molecule has 1 saturated heterocycles. The Kier molecular flexibility index (Phi) is 37.8. The molecule has 1 aromatic rings. The molecule has 0 aromatic heterocycles. The van der Waals surface area contributed by atoms with Crippen molar-refractivity contribution >= 4 is 93.7 Å². The van der Waals surface area contributed by atoms with Gasteiger partial charge in [0.15, 0.2) is 0 Å². The van der Waals surface area contributed by atoms with Gasteiger partial charge in [-0.25, -0.2) is 19.2 Å². The van der Waals surface area contributed by atoms with E-state index in [-0.39, 0.29) is 128 Å². The first-order chi connectivity index (χ1) is 45.8. The molecule has 33 nitrogen and oxygen atoms in total. The highest BCUT2D eigenvalue weighted by molar-refractivity contribution is 8.31. The molecule has 0 radical (unpaired) electrons. The van der Waals surface area contributed by atoms with Crippen molar-refractivity contribution in [3.8, 4) is 0 Å². The standard InChI is InChI=1S/C63H102FN11O22S/c1-62(2,3)98(64,63(4,5)6)42-21-19-41(20-22-42)55(87)67-37-46(68-50(78)25-24-47(60(95)96)75-35-33-73(39-53(83)84)31-29-72(38-52(81)82)30-32-74(34-36-75)40-54(85)86)56(88)69-43(57(89)90)15-11-13-27-65-48(76)17-9-7-8-10-18-49(77)66-28-14-12-16-44(58(91)92)70-61(97)71-45(59(93)94)23-26-51(79)80/h19-22,43-47H,7-18,23-40H2,1-6H3,(H,65,76)(H,66,77)(H,67,87)(H,68,78)(H,69,88)(H,79,80)(H,81,82)(H,83,84)(H,85,86)(H,89,90)(H,91,92)(H,93,94)(H,95,96)(H2,70,71,97)/t43?,44-,45-,46?,47?/m0/s1. The molecule has 0 spiro atoms. The summed E-state index contributed by atoms with van der Waals surface area (Å²) in [5.41, 5.74) is 0.0630. The molecule has 3 unspecified atom stereocenters. The smallest absolute Gasteiger partial charge is 0.326 e. The van der Waals surface area contributed by atoms with E-state index in [1.807, 2.05) is 5.32 Å². The Labute approximate surface area is 570 Å². The number of carbonyl (C=O) groups excluding carboxylic acids is 6. The zero-order valence-corrected chi connectivity index (χ0v) is 57.6. The van der Waals surface area contributed by atoms with Gasteiger partial charge in [-0.2, -0.15) is 3.89 Å². The molecule has 1 aliphatic rings. The maximum Gasteiger partial charge on any atom is 0.326 e. The van der Waals surface area contributed by atoms with Gasteiger partial charge in [-0.15, -0.1) is 0 Å². The summed E-state index contributed by atoms with van der Waals surface area (Å²) in [5, 5.41) is 94.4. The summed E-state index contributed by atoms with van der Waals surface area (Å²) in [7, 11) is -2.99. The van der Waals surface area contributed by atoms with Gasteiger partial charge in [-0.1, -0.05) is 23.3 Å².